The van der Waals surface area contributed by atoms with Gasteiger partial charge in [0.05, 0.1) is 3.74 Å². The number of carbonyl (C=O) groups excluding carboxylic acids is 1. The van der Waals surface area contributed by atoms with E-state index in [-0.39, 0.29) is 5.41 Å². The molecule has 0 saturated heterocycles. The summed E-state index contributed by atoms with van der Waals surface area (Å²) in [6.07, 6.45) is 24.2. The van der Waals surface area contributed by atoms with Crippen LogP contribution in [-0.4, -0.2) is 9.52 Å². The molecule has 0 aliphatic heterocycles. The minimum atomic E-state index is -0.0528. The zero-order valence-electron chi connectivity index (χ0n) is 20.8. The van der Waals surface area contributed by atoms with Crippen molar-refractivity contribution in [2.24, 2.45) is 11.3 Å². The Bertz CT molecular complexity index is 396. The molecule has 0 aromatic carbocycles. The molecule has 0 amide bonds. The first kappa shape index (κ1) is 30.6. The van der Waals surface area contributed by atoms with Crippen molar-refractivity contribution in [1.82, 2.24) is 0 Å². The molecule has 180 valence electrons. The molecule has 2 atom stereocenters. The Morgan fingerprint density at radius 2 is 1.20 bits per heavy atom. The smallest absolute Gasteiger partial charge is 0.135 e. The molecule has 30 heavy (non-hydrogen) atoms. The number of ketones is 1. The first-order valence-electron chi connectivity index (χ1n) is 13.2. The van der Waals surface area contributed by atoms with E-state index in [1.165, 1.54) is 96.3 Å². The van der Waals surface area contributed by atoms with Crippen LogP contribution in [0.5, 0.6) is 0 Å². The Morgan fingerprint density at radius 3 is 1.73 bits per heavy atom. The lowest BCUT2D eigenvalue weighted by Crippen LogP contribution is -2.32. The van der Waals surface area contributed by atoms with E-state index in [1.807, 2.05) is 6.92 Å². The molecule has 0 aliphatic rings. The minimum Gasteiger partial charge on any atom is -0.299 e. The van der Waals surface area contributed by atoms with Gasteiger partial charge in [-0.2, -0.15) is 0 Å². The van der Waals surface area contributed by atoms with Gasteiger partial charge in [0.15, 0.2) is 0 Å². The van der Waals surface area contributed by atoms with Gasteiger partial charge in [-0.25, -0.2) is 0 Å². The van der Waals surface area contributed by atoms with E-state index in [4.69, 9.17) is 0 Å². The SMILES string of the molecule is CCCCCCCCCCC(CCC)(CC(CCCC)CCCCC(Br)Br)C(C)=O. The number of halogens is 2. The first-order chi connectivity index (χ1) is 14.4. The van der Waals surface area contributed by atoms with Crippen molar-refractivity contribution in [2.75, 3.05) is 0 Å². The number of carbonyl (C=O) groups is 1. The zero-order chi connectivity index (χ0) is 22.7. The van der Waals surface area contributed by atoms with Crippen LogP contribution in [0, 0.1) is 11.3 Å². The molecule has 0 spiro atoms. The van der Waals surface area contributed by atoms with Crippen LogP contribution in [0.3, 0.4) is 0 Å². The standard InChI is InChI=1S/C27H52Br2O/c1-5-8-10-11-12-13-14-17-22-27(21-7-3,24(4)30)23-25(18-9-6-2)19-15-16-20-26(28)29/h25-26H,5-23H2,1-4H3. The molecule has 0 aliphatic carbocycles. The van der Waals surface area contributed by atoms with Crippen LogP contribution in [-0.2, 0) is 4.79 Å². The van der Waals surface area contributed by atoms with Gasteiger partial charge < -0.3 is 0 Å². The summed E-state index contributed by atoms with van der Waals surface area (Å²) in [5.74, 6) is 1.19. The zero-order valence-corrected chi connectivity index (χ0v) is 23.9. The maximum absolute atomic E-state index is 12.9. The summed E-state index contributed by atoms with van der Waals surface area (Å²) >= 11 is 7.20. The van der Waals surface area contributed by atoms with Gasteiger partial charge in [-0.05, 0) is 38.5 Å². The molecule has 0 fully saturated rings. The average Bonchev–Trinajstić information content (AvgIpc) is 2.70. The van der Waals surface area contributed by atoms with Crippen molar-refractivity contribution in [3.63, 3.8) is 0 Å². The van der Waals surface area contributed by atoms with E-state index >= 15 is 0 Å². The molecule has 0 heterocycles. The van der Waals surface area contributed by atoms with Gasteiger partial charge in [-0.1, -0.05) is 149 Å². The van der Waals surface area contributed by atoms with E-state index in [0.717, 1.165) is 31.6 Å². The van der Waals surface area contributed by atoms with Crippen LogP contribution in [0.2, 0.25) is 0 Å². The Balaban J connectivity index is 4.74. The fourth-order valence-electron chi connectivity index (χ4n) is 5.03. The van der Waals surface area contributed by atoms with Crippen molar-refractivity contribution in [1.29, 1.82) is 0 Å². The summed E-state index contributed by atoms with van der Waals surface area (Å²) in [7, 11) is 0. The van der Waals surface area contributed by atoms with Gasteiger partial charge in [-0.15, -0.1) is 0 Å². The third-order valence-corrected chi connectivity index (χ3v) is 7.83. The molecule has 3 heteroatoms. The Morgan fingerprint density at radius 1 is 0.667 bits per heavy atom. The average molecular weight is 553 g/mol. The largest absolute Gasteiger partial charge is 0.299 e. The summed E-state index contributed by atoms with van der Waals surface area (Å²) in [5, 5.41) is 0. The molecule has 0 radical (unpaired) electrons. The van der Waals surface area contributed by atoms with Gasteiger partial charge >= 0.3 is 0 Å². The normalized spacial score (nSPS) is 14.8. The molecule has 0 aromatic rings. The molecule has 1 nitrogen and oxygen atoms in total. The first-order valence-corrected chi connectivity index (χ1v) is 15.0. The summed E-state index contributed by atoms with van der Waals surface area (Å²) in [6.45, 7) is 8.72. The van der Waals surface area contributed by atoms with Crippen molar-refractivity contribution in [3.8, 4) is 0 Å². The van der Waals surface area contributed by atoms with Crippen molar-refractivity contribution < 1.29 is 4.79 Å². The molecular weight excluding hydrogens is 500 g/mol. The monoisotopic (exact) mass is 550 g/mol. The number of unbranched alkanes of at least 4 members (excludes halogenated alkanes) is 9. The minimum absolute atomic E-state index is 0.0528. The second-order valence-corrected chi connectivity index (χ2v) is 13.1. The molecular formula is C27H52Br2O. The molecule has 2 unspecified atom stereocenters. The number of Topliss-reactive ketones (excluding diaryl/α,β-unsaturated/α-hetero) is 1. The Labute approximate surface area is 206 Å². The summed E-state index contributed by atoms with van der Waals surface area (Å²) in [5.41, 5.74) is -0.0528. The van der Waals surface area contributed by atoms with Crippen molar-refractivity contribution >= 4 is 37.6 Å². The van der Waals surface area contributed by atoms with Crippen LogP contribution >= 0.6 is 31.9 Å². The topological polar surface area (TPSA) is 17.1 Å². The summed E-state index contributed by atoms with van der Waals surface area (Å²) < 4.78 is 0.442. The number of hydrogen-bond acceptors (Lipinski definition) is 1. The summed E-state index contributed by atoms with van der Waals surface area (Å²) in [6, 6.07) is 0. The van der Waals surface area contributed by atoms with Crippen molar-refractivity contribution in [3.05, 3.63) is 0 Å². The quantitative estimate of drug-likeness (QED) is 0.0965. The highest BCUT2D eigenvalue weighted by molar-refractivity contribution is 9.24. The number of rotatable bonds is 22. The van der Waals surface area contributed by atoms with Crippen LogP contribution < -0.4 is 0 Å². The Kier molecular flexibility index (Phi) is 20.7. The van der Waals surface area contributed by atoms with Gasteiger partial charge in [0.2, 0.25) is 0 Å². The third kappa shape index (κ3) is 15.4. The summed E-state index contributed by atoms with van der Waals surface area (Å²) in [4.78, 5) is 12.9. The lowest BCUT2D eigenvalue weighted by Gasteiger charge is -2.35. The Hall–Kier alpha value is 0.630. The van der Waals surface area contributed by atoms with E-state index in [2.05, 4.69) is 52.6 Å². The highest BCUT2D eigenvalue weighted by Gasteiger charge is 2.36. The molecule has 0 aromatic heterocycles. The fourth-order valence-corrected chi connectivity index (χ4v) is 5.67. The van der Waals surface area contributed by atoms with Crippen LogP contribution in [0.1, 0.15) is 150 Å². The third-order valence-electron chi connectivity index (χ3n) is 6.91. The van der Waals surface area contributed by atoms with Crippen LogP contribution in [0.4, 0.5) is 0 Å². The maximum atomic E-state index is 12.9. The molecule has 0 rings (SSSR count). The van der Waals surface area contributed by atoms with Gasteiger partial charge in [0, 0.05) is 5.41 Å². The maximum Gasteiger partial charge on any atom is 0.135 e. The van der Waals surface area contributed by atoms with Crippen LogP contribution in [0.15, 0.2) is 0 Å². The van der Waals surface area contributed by atoms with E-state index in [0.29, 0.717) is 9.52 Å². The van der Waals surface area contributed by atoms with Gasteiger partial charge in [-0.3, -0.25) is 4.79 Å². The highest BCUT2D eigenvalue weighted by atomic mass is 79.9. The molecule has 0 N–H and O–H groups in total. The lowest BCUT2D eigenvalue weighted by atomic mass is 9.68. The van der Waals surface area contributed by atoms with Crippen molar-refractivity contribution in [2.45, 2.75) is 153 Å². The predicted octanol–water partition coefficient (Wildman–Crippen LogP) is 10.8. The second-order valence-electron chi connectivity index (χ2n) is 9.70. The fraction of sp³-hybridized carbons (Fsp3) is 0.963. The van der Waals surface area contributed by atoms with E-state index < -0.39 is 0 Å². The van der Waals surface area contributed by atoms with Crippen LogP contribution in [0.25, 0.3) is 0 Å². The molecule has 0 bridgehead atoms. The number of hydrogen-bond donors (Lipinski definition) is 0. The highest BCUT2D eigenvalue weighted by Crippen LogP contribution is 2.41. The van der Waals surface area contributed by atoms with E-state index in [9.17, 15) is 4.79 Å². The lowest BCUT2D eigenvalue weighted by molar-refractivity contribution is -0.128. The van der Waals surface area contributed by atoms with E-state index in [1.54, 1.807) is 0 Å². The van der Waals surface area contributed by atoms with Gasteiger partial charge in [0.25, 0.3) is 0 Å². The predicted molar refractivity (Wildman–Crippen MR) is 143 cm³/mol. The number of alkyl halides is 2. The second kappa shape index (κ2) is 20.3. The van der Waals surface area contributed by atoms with Gasteiger partial charge in [0.1, 0.15) is 5.78 Å². The molecule has 0 saturated carbocycles.